The van der Waals surface area contributed by atoms with Crippen molar-refractivity contribution in [1.29, 1.82) is 0 Å². The van der Waals surface area contributed by atoms with Crippen LogP contribution in [0.2, 0.25) is 0 Å². The van der Waals surface area contributed by atoms with Crippen LogP contribution in [-0.4, -0.2) is 28.9 Å². The second kappa shape index (κ2) is 4.99. The second-order valence-electron chi connectivity index (χ2n) is 5.05. The lowest BCUT2D eigenvalue weighted by Crippen LogP contribution is -2.49. The molecule has 0 aromatic heterocycles. The number of alkyl carbamates (subject to hydrolysis) is 1. The number of rotatable bonds is 2. The van der Waals surface area contributed by atoms with Gasteiger partial charge < -0.3 is 14.8 Å². The molecule has 0 aromatic carbocycles. The predicted molar refractivity (Wildman–Crippen MR) is 65.5 cm³/mol. The Kier molecular flexibility index (Phi) is 4.13. The Hall–Kier alpha value is -0.840. The molecule has 0 aromatic rings. The van der Waals surface area contributed by atoms with E-state index < -0.39 is 5.60 Å². The minimum atomic E-state index is -0.450. The molecular formula is C11H19NO3S. The molecule has 0 saturated heterocycles. The quantitative estimate of drug-likeness (QED) is 0.759. The van der Waals surface area contributed by atoms with Gasteiger partial charge in [0.15, 0.2) is 5.05 Å². The van der Waals surface area contributed by atoms with E-state index in [1.807, 2.05) is 20.8 Å². The predicted octanol–water partition coefficient (Wildman–Crippen LogP) is 2.41. The van der Waals surface area contributed by atoms with Crippen LogP contribution in [0.1, 0.15) is 40.5 Å². The van der Waals surface area contributed by atoms with Crippen LogP contribution in [0, 0.1) is 0 Å². The summed E-state index contributed by atoms with van der Waals surface area (Å²) in [7, 11) is 0. The van der Waals surface area contributed by atoms with Crippen molar-refractivity contribution in [2.45, 2.75) is 58.3 Å². The first-order chi connectivity index (χ1) is 7.26. The molecule has 1 aliphatic rings. The summed E-state index contributed by atoms with van der Waals surface area (Å²) >= 11 is 4.84. The number of hydrogen-bond acceptors (Lipinski definition) is 4. The standard InChI is InChI=1S/C11H19NO3S/c1-7(16)14-9-5-8(6-9)12-10(13)15-11(2,3)4/h8-9H,5-6H2,1-4H3,(H,12,13). The first-order valence-corrected chi connectivity index (χ1v) is 5.84. The normalized spacial score (nSPS) is 24.2. The highest BCUT2D eigenvalue weighted by Gasteiger charge is 2.33. The molecule has 0 unspecified atom stereocenters. The van der Waals surface area contributed by atoms with Gasteiger partial charge in [-0.05, 0) is 33.0 Å². The number of thiocarbonyl (C=S) groups is 1. The molecule has 0 atom stereocenters. The lowest BCUT2D eigenvalue weighted by molar-refractivity contribution is 0.0345. The van der Waals surface area contributed by atoms with E-state index in [1.54, 1.807) is 6.92 Å². The molecule has 0 aliphatic heterocycles. The number of ether oxygens (including phenoxy) is 2. The zero-order valence-corrected chi connectivity index (χ0v) is 11.0. The summed E-state index contributed by atoms with van der Waals surface area (Å²) in [6.45, 7) is 7.28. The Morgan fingerprint density at radius 2 is 1.94 bits per heavy atom. The zero-order valence-electron chi connectivity index (χ0n) is 10.2. The fourth-order valence-corrected chi connectivity index (χ4v) is 1.62. The highest BCUT2D eigenvalue weighted by atomic mass is 32.1. The Balaban J connectivity index is 2.17. The summed E-state index contributed by atoms with van der Waals surface area (Å²) in [5, 5.41) is 3.35. The molecule has 1 aliphatic carbocycles. The highest BCUT2D eigenvalue weighted by Crippen LogP contribution is 2.24. The van der Waals surface area contributed by atoms with Crippen molar-refractivity contribution in [2.24, 2.45) is 0 Å². The molecule has 1 N–H and O–H groups in total. The average Bonchev–Trinajstić information content (AvgIpc) is 1.95. The smallest absolute Gasteiger partial charge is 0.407 e. The van der Waals surface area contributed by atoms with E-state index in [4.69, 9.17) is 21.7 Å². The van der Waals surface area contributed by atoms with Gasteiger partial charge in [-0.15, -0.1) is 0 Å². The van der Waals surface area contributed by atoms with Crippen molar-refractivity contribution >= 4 is 23.4 Å². The zero-order chi connectivity index (χ0) is 12.3. The van der Waals surface area contributed by atoms with Crippen molar-refractivity contribution in [3.8, 4) is 0 Å². The van der Waals surface area contributed by atoms with Gasteiger partial charge in [0, 0.05) is 25.8 Å². The molecule has 0 radical (unpaired) electrons. The molecule has 1 amide bonds. The van der Waals surface area contributed by atoms with E-state index >= 15 is 0 Å². The number of amides is 1. The summed E-state index contributed by atoms with van der Waals surface area (Å²) in [5.74, 6) is 0. The van der Waals surface area contributed by atoms with Crippen molar-refractivity contribution in [2.75, 3.05) is 0 Å². The summed E-state index contributed by atoms with van der Waals surface area (Å²) in [5.41, 5.74) is -0.450. The van der Waals surface area contributed by atoms with Gasteiger partial charge in [0.05, 0.1) is 0 Å². The molecule has 16 heavy (non-hydrogen) atoms. The highest BCUT2D eigenvalue weighted by molar-refractivity contribution is 7.80. The van der Waals surface area contributed by atoms with Gasteiger partial charge in [0.1, 0.15) is 11.7 Å². The van der Waals surface area contributed by atoms with Crippen LogP contribution in [-0.2, 0) is 9.47 Å². The third-order valence-electron chi connectivity index (χ3n) is 2.15. The molecule has 1 fully saturated rings. The minimum absolute atomic E-state index is 0.147. The monoisotopic (exact) mass is 245 g/mol. The van der Waals surface area contributed by atoms with Crippen LogP contribution < -0.4 is 5.32 Å². The van der Waals surface area contributed by atoms with Crippen LogP contribution >= 0.6 is 12.2 Å². The van der Waals surface area contributed by atoms with Crippen molar-refractivity contribution in [3.63, 3.8) is 0 Å². The maximum atomic E-state index is 11.4. The Morgan fingerprint density at radius 3 is 2.38 bits per heavy atom. The van der Waals surface area contributed by atoms with Crippen molar-refractivity contribution in [1.82, 2.24) is 5.32 Å². The van der Waals surface area contributed by atoms with Gasteiger partial charge in [-0.1, -0.05) is 0 Å². The van der Waals surface area contributed by atoms with E-state index in [2.05, 4.69) is 5.32 Å². The fourth-order valence-electron chi connectivity index (χ4n) is 1.49. The first kappa shape index (κ1) is 13.2. The summed E-state index contributed by atoms with van der Waals surface area (Å²) in [6.07, 6.45) is 1.38. The summed E-state index contributed by atoms with van der Waals surface area (Å²) in [4.78, 5) is 11.4. The molecule has 5 heteroatoms. The van der Waals surface area contributed by atoms with Gasteiger partial charge in [0.2, 0.25) is 0 Å². The van der Waals surface area contributed by atoms with E-state index in [-0.39, 0.29) is 18.2 Å². The van der Waals surface area contributed by atoms with E-state index in [1.165, 1.54) is 0 Å². The Morgan fingerprint density at radius 1 is 1.38 bits per heavy atom. The maximum Gasteiger partial charge on any atom is 0.407 e. The van der Waals surface area contributed by atoms with Gasteiger partial charge in [-0.25, -0.2) is 4.79 Å². The Bertz CT molecular complexity index is 279. The van der Waals surface area contributed by atoms with Crippen LogP contribution in [0.15, 0.2) is 0 Å². The largest absolute Gasteiger partial charge is 0.484 e. The van der Waals surface area contributed by atoms with E-state index in [0.29, 0.717) is 5.05 Å². The lowest BCUT2D eigenvalue weighted by atomic mass is 9.89. The minimum Gasteiger partial charge on any atom is -0.484 e. The van der Waals surface area contributed by atoms with Crippen LogP contribution in [0.4, 0.5) is 4.79 Å². The fraction of sp³-hybridized carbons (Fsp3) is 0.818. The lowest BCUT2D eigenvalue weighted by Gasteiger charge is -2.35. The molecule has 4 nitrogen and oxygen atoms in total. The SMILES string of the molecule is CC(=S)OC1CC(NC(=O)OC(C)(C)C)C1. The first-order valence-electron chi connectivity index (χ1n) is 5.43. The Labute approximate surface area is 102 Å². The van der Waals surface area contributed by atoms with Crippen molar-refractivity contribution in [3.05, 3.63) is 0 Å². The van der Waals surface area contributed by atoms with Crippen LogP contribution in [0.3, 0.4) is 0 Å². The molecule has 0 spiro atoms. The molecule has 0 bridgehead atoms. The third-order valence-corrected chi connectivity index (χ3v) is 2.24. The van der Waals surface area contributed by atoms with Crippen molar-refractivity contribution < 1.29 is 14.3 Å². The number of hydrogen-bond donors (Lipinski definition) is 1. The number of carbonyl (C=O) groups excluding carboxylic acids is 1. The maximum absolute atomic E-state index is 11.4. The summed E-state index contributed by atoms with van der Waals surface area (Å²) in [6, 6.07) is 0.147. The molecular weight excluding hydrogens is 226 g/mol. The van der Waals surface area contributed by atoms with Crippen LogP contribution in [0.25, 0.3) is 0 Å². The third kappa shape index (κ3) is 4.79. The average molecular weight is 245 g/mol. The molecule has 0 heterocycles. The summed E-state index contributed by atoms with van der Waals surface area (Å²) < 4.78 is 10.5. The number of nitrogens with one attached hydrogen (secondary N) is 1. The van der Waals surface area contributed by atoms with E-state index in [0.717, 1.165) is 12.8 Å². The van der Waals surface area contributed by atoms with E-state index in [9.17, 15) is 4.79 Å². The van der Waals surface area contributed by atoms with Gasteiger partial charge in [0.25, 0.3) is 0 Å². The van der Waals surface area contributed by atoms with Gasteiger partial charge >= 0.3 is 6.09 Å². The van der Waals surface area contributed by atoms with Gasteiger partial charge in [-0.2, -0.15) is 0 Å². The second-order valence-corrected chi connectivity index (χ2v) is 5.62. The number of carbonyl (C=O) groups is 1. The van der Waals surface area contributed by atoms with Gasteiger partial charge in [-0.3, -0.25) is 0 Å². The molecule has 92 valence electrons. The molecule has 1 rings (SSSR count). The topological polar surface area (TPSA) is 47.6 Å². The molecule has 1 saturated carbocycles. The van der Waals surface area contributed by atoms with Crippen LogP contribution in [0.5, 0.6) is 0 Å².